The summed E-state index contributed by atoms with van der Waals surface area (Å²) < 4.78 is 0. The van der Waals surface area contributed by atoms with Crippen LogP contribution in [0.2, 0.25) is 0 Å². The van der Waals surface area contributed by atoms with Crippen molar-refractivity contribution in [2.45, 2.75) is 39.2 Å². The van der Waals surface area contributed by atoms with Crippen molar-refractivity contribution < 1.29 is 0 Å². The molecule has 0 radical (unpaired) electrons. The number of allylic oxidation sites excluding steroid dienone is 2. The van der Waals surface area contributed by atoms with Gasteiger partial charge in [0.05, 0.1) is 0 Å². The van der Waals surface area contributed by atoms with Crippen LogP contribution in [0.4, 0.5) is 0 Å². The summed E-state index contributed by atoms with van der Waals surface area (Å²) in [7, 11) is 0. The van der Waals surface area contributed by atoms with Gasteiger partial charge in [0.2, 0.25) is 0 Å². The molecule has 134 valence electrons. The first-order chi connectivity index (χ1) is 12.8. The second-order valence-electron chi connectivity index (χ2n) is 7.77. The Morgan fingerprint density at radius 1 is 0.769 bits per heavy atom. The molecule has 1 aliphatic carbocycles. The quantitative estimate of drug-likeness (QED) is 0.656. The van der Waals surface area contributed by atoms with Gasteiger partial charge >= 0.3 is 0 Å². The first-order valence-electron chi connectivity index (χ1n) is 10.0. The number of likely N-dealkylation sites (tertiary alicyclic amines) is 1. The molecule has 4 rings (SSSR count). The van der Waals surface area contributed by atoms with E-state index in [9.17, 15) is 0 Å². The summed E-state index contributed by atoms with van der Waals surface area (Å²) in [5.41, 5.74) is 7.09. The molecule has 26 heavy (non-hydrogen) atoms. The predicted octanol–water partition coefficient (Wildman–Crippen LogP) is 6.05. The van der Waals surface area contributed by atoms with Crippen LogP contribution in [0.1, 0.15) is 44.2 Å². The average Bonchev–Trinajstić information content (AvgIpc) is 2.69. The molecule has 2 atom stereocenters. The van der Waals surface area contributed by atoms with Crippen molar-refractivity contribution in [3.05, 3.63) is 83.4 Å². The Morgan fingerprint density at radius 2 is 1.35 bits per heavy atom. The highest BCUT2D eigenvalue weighted by Gasteiger charge is 2.34. The van der Waals surface area contributed by atoms with Gasteiger partial charge in [-0.2, -0.15) is 0 Å². The minimum absolute atomic E-state index is 0.469. The normalized spacial score (nSPS) is 24.5. The Hall–Kier alpha value is -2.12. The molecule has 1 heterocycles. The van der Waals surface area contributed by atoms with E-state index in [2.05, 4.69) is 85.5 Å². The van der Waals surface area contributed by atoms with E-state index in [4.69, 9.17) is 0 Å². The van der Waals surface area contributed by atoms with Gasteiger partial charge < -0.3 is 0 Å². The third-order valence-electron chi connectivity index (χ3n) is 5.90. The average molecular weight is 344 g/mol. The van der Waals surface area contributed by atoms with Gasteiger partial charge in [0.15, 0.2) is 0 Å². The molecule has 2 aromatic rings. The summed E-state index contributed by atoms with van der Waals surface area (Å²) in [6.07, 6.45) is 6.53. The monoisotopic (exact) mass is 343 g/mol. The van der Waals surface area contributed by atoms with Crippen LogP contribution in [0.25, 0.3) is 11.1 Å². The van der Waals surface area contributed by atoms with E-state index in [0.29, 0.717) is 12.0 Å². The summed E-state index contributed by atoms with van der Waals surface area (Å²) >= 11 is 0. The van der Waals surface area contributed by atoms with Gasteiger partial charge in [-0.05, 0) is 66.6 Å². The van der Waals surface area contributed by atoms with Crippen molar-refractivity contribution in [3.8, 4) is 0 Å². The Kier molecular flexibility index (Phi) is 5.08. The molecule has 2 aromatic carbocycles. The topological polar surface area (TPSA) is 3.24 Å². The Bertz CT molecular complexity index is 795. The van der Waals surface area contributed by atoms with Crippen LogP contribution in [-0.2, 0) is 0 Å². The van der Waals surface area contributed by atoms with Crippen LogP contribution in [-0.4, -0.2) is 24.0 Å². The Labute approximate surface area is 158 Å². The molecule has 0 spiro atoms. The molecule has 1 fully saturated rings. The van der Waals surface area contributed by atoms with Crippen molar-refractivity contribution in [2.75, 3.05) is 13.1 Å². The first-order valence-corrected chi connectivity index (χ1v) is 10.0. The maximum atomic E-state index is 2.74. The fraction of sp³-hybridized carbons (Fsp3) is 0.360. The van der Waals surface area contributed by atoms with Gasteiger partial charge in [-0.15, -0.1) is 0 Å². The van der Waals surface area contributed by atoms with Gasteiger partial charge in [-0.1, -0.05) is 80.1 Å². The van der Waals surface area contributed by atoms with Crippen LogP contribution < -0.4 is 0 Å². The van der Waals surface area contributed by atoms with Crippen LogP contribution >= 0.6 is 0 Å². The summed E-state index contributed by atoms with van der Waals surface area (Å²) in [4.78, 5) is 2.74. The molecule has 0 bridgehead atoms. The van der Waals surface area contributed by atoms with Crippen LogP contribution in [0.5, 0.6) is 0 Å². The highest BCUT2D eigenvalue weighted by molar-refractivity contribution is 6.01. The maximum absolute atomic E-state index is 2.74. The lowest BCUT2D eigenvalue weighted by atomic mass is 9.75. The number of benzene rings is 2. The van der Waals surface area contributed by atoms with Crippen LogP contribution in [0.15, 0.2) is 72.3 Å². The molecule has 1 aliphatic heterocycles. The first kappa shape index (κ1) is 17.3. The largest absolute Gasteiger partial charge is 0.296 e. The lowest BCUT2D eigenvalue weighted by Crippen LogP contribution is -2.44. The molecule has 0 saturated carbocycles. The van der Waals surface area contributed by atoms with E-state index in [0.717, 1.165) is 0 Å². The van der Waals surface area contributed by atoms with E-state index in [1.165, 1.54) is 60.2 Å². The number of piperidine rings is 1. The van der Waals surface area contributed by atoms with Crippen molar-refractivity contribution in [1.82, 2.24) is 4.90 Å². The number of hydrogen-bond acceptors (Lipinski definition) is 1. The SMILES string of the molecule is CC1=CC(C)C(N2CCCCC2)C(c2ccccc2)=C1c1ccccc1. The maximum Gasteiger partial charge on any atom is 0.0420 e. The van der Waals surface area contributed by atoms with Crippen molar-refractivity contribution >= 4 is 11.1 Å². The smallest absolute Gasteiger partial charge is 0.0420 e. The van der Waals surface area contributed by atoms with E-state index < -0.39 is 0 Å². The molecular formula is C25H29N. The fourth-order valence-electron chi connectivity index (χ4n) is 4.82. The predicted molar refractivity (Wildman–Crippen MR) is 112 cm³/mol. The minimum atomic E-state index is 0.469. The van der Waals surface area contributed by atoms with Gasteiger partial charge in [0.25, 0.3) is 0 Å². The third-order valence-corrected chi connectivity index (χ3v) is 5.90. The number of rotatable bonds is 3. The van der Waals surface area contributed by atoms with Gasteiger partial charge in [0.1, 0.15) is 0 Å². The second kappa shape index (κ2) is 7.63. The number of hydrogen-bond donors (Lipinski definition) is 0. The van der Waals surface area contributed by atoms with Gasteiger partial charge in [-0.3, -0.25) is 4.90 Å². The van der Waals surface area contributed by atoms with E-state index in [1.807, 2.05) is 0 Å². The zero-order chi connectivity index (χ0) is 17.9. The Morgan fingerprint density at radius 3 is 1.96 bits per heavy atom. The molecule has 1 saturated heterocycles. The highest BCUT2D eigenvalue weighted by Crippen LogP contribution is 2.43. The Balaban J connectivity index is 1.91. The van der Waals surface area contributed by atoms with Crippen molar-refractivity contribution in [3.63, 3.8) is 0 Å². The molecular weight excluding hydrogens is 314 g/mol. The third kappa shape index (κ3) is 3.29. The van der Waals surface area contributed by atoms with E-state index in [-0.39, 0.29) is 0 Å². The molecule has 1 heteroatoms. The van der Waals surface area contributed by atoms with Crippen LogP contribution in [0.3, 0.4) is 0 Å². The molecule has 2 unspecified atom stereocenters. The van der Waals surface area contributed by atoms with Crippen molar-refractivity contribution in [1.29, 1.82) is 0 Å². The summed E-state index contributed by atoms with van der Waals surface area (Å²) in [6.45, 7) is 7.13. The molecule has 0 N–H and O–H groups in total. The summed E-state index contributed by atoms with van der Waals surface area (Å²) in [6, 6.07) is 22.5. The zero-order valence-corrected chi connectivity index (χ0v) is 16.0. The van der Waals surface area contributed by atoms with Gasteiger partial charge in [0, 0.05) is 6.04 Å². The lowest BCUT2D eigenvalue weighted by Gasteiger charge is -2.42. The summed E-state index contributed by atoms with van der Waals surface area (Å²) in [5.74, 6) is 0.538. The van der Waals surface area contributed by atoms with E-state index in [1.54, 1.807) is 0 Å². The zero-order valence-electron chi connectivity index (χ0n) is 16.0. The minimum Gasteiger partial charge on any atom is -0.296 e. The highest BCUT2D eigenvalue weighted by atomic mass is 15.2. The number of nitrogens with zero attached hydrogens (tertiary/aromatic N) is 1. The van der Waals surface area contributed by atoms with Gasteiger partial charge in [-0.25, -0.2) is 0 Å². The van der Waals surface area contributed by atoms with Crippen LogP contribution in [0, 0.1) is 5.92 Å². The molecule has 1 nitrogen and oxygen atoms in total. The second-order valence-corrected chi connectivity index (χ2v) is 7.77. The molecule has 0 amide bonds. The van der Waals surface area contributed by atoms with E-state index >= 15 is 0 Å². The lowest BCUT2D eigenvalue weighted by molar-refractivity contribution is 0.172. The molecule has 2 aliphatic rings. The summed E-state index contributed by atoms with van der Waals surface area (Å²) in [5, 5.41) is 0. The van der Waals surface area contributed by atoms with Crippen molar-refractivity contribution in [2.24, 2.45) is 5.92 Å². The molecule has 0 aromatic heterocycles. The fourth-order valence-corrected chi connectivity index (χ4v) is 4.82. The standard InChI is InChI=1S/C25H29N/c1-19-18-20(2)25(26-16-10-5-11-17-26)24(22-14-8-4-9-15-22)23(19)21-12-6-3-7-13-21/h3-4,6-9,12-15,18,20,25H,5,10-11,16-17H2,1-2H3.